The third-order valence-corrected chi connectivity index (χ3v) is 9.81. The Labute approximate surface area is 286 Å². The largest absolute Gasteiger partial charge is 0.507 e. The predicted octanol–water partition coefficient (Wildman–Crippen LogP) is 4.04. The van der Waals surface area contributed by atoms with Gasteiger partial charge in [-0.3, -0.25) is 14.3 Å². The number of methoxy groups -OCH3 is 1. The standard InChI is InChI=1S/C33H36BrN3O10S/c1-45-32(41)30-26(38)11-8-12-27(30)46-16-7-3-6-15-35-31(40)25(36-33(42)47-20-21-9-4-2-5-10-21)18-22-13-14-23(24(34)17-22)28-19-29(39)37-48(28,43)44/h2,4-5,8-14,17,25,28,38H,3,6-7,15-16,18-20H2,1H3,(H,35,40)(H,36,42)(H,37,39)/t25-,28?/m0/s1. The maximum Gasteiger partial charge on any atom is 0.408 e. The van der Waals surface area contributed by atoms with Gasteiger partial charge in [0.15, 0.2) is 0 Å². The molecule has 0 spiro atoms. The lowest BCUT2D eigenvalue weighted by molar-refractivity contribution is -0.123. The number of alkyl carbamates (subject to hydrolysis) is 1. The molecule has 1 saturated heterocycles. The average molecular weight is 747 g/mol. The summed E-state index contributed by atoms with van der Waals surface area (Å²) in [6.07, 6.45) is 0.938. The van der Waals surface area contributed by atoms with Crippen LogP contribution in [0.3, 0.4) is 0 Å². The molecule has 0 aliphatic carbocycles. The van der Waals surface area contributed by atoms with Crippen LogP contribution in [-0.2, 0) is 42.1 Å². The zero-order chi connectivity index (χ0) is 34.7. The van der Waals surface area contributed by atoms with E-state index in [0.29, 0.717) is 41.4 Å². The number of hydrogen-bond acceptors (Lipinski definition) is 10. The van der Waals surface area contributed by atoms with Crippen LogP contribution in [0.2, 0.25) is 0 Å². The van der Waals surface area contributed by atoms with Gasteiger partial charge in [0.05, 0.1) is 20.1 Å². The number of phenolic OH excluding ortho intramolecular Hbond substituents is 1. The van der Waals surface area contributed by atoms with Crippen molar-refractivity contribution in [1.29, 1.82) is 0 Å². The summed E-state index contributed by atoms with van der Waals surface area (Å²) in [5.41, 5.74) is 1.75. The zero-order valence-corrected chi connectivity index (χ0v) is 28.5. The molecule has 2 atom stereocenters. The molecule has 1 heterocycles. The topological polar surface area (TPSA) is 186 Å². The van der Waals surface area contributed by atoms with Crippen LogP contribution in [0, 0.1) is 0 Å². The lowest BCUT2D eigenvalue weighted by atomic mass is 10.0. The van der Waals surface area contributed by atoms with Crippen molar-refractivity contribution in [3.63, 3.8) is 0 Å². The van der Waals surface area contributed by atoms with Crippen LogP contribution in [-0.4, -0.2) is 63.7 Å². The Kier molecular flexibility index (Phi) is 12.8. The third-order valence-electron chi connectivity index (χ3n) is 7.45. The zero-order valence-electron chi connectivity index (χ0n) is 26.1. The number of sulfonamides is 1. The van der Waals surface area contributed by atoms with Crippen LogP contribution in [0.4, 0.5) is 4.79 Å². The van der Waals surface area contributed by atoms with E-state index in [2.05, 4.69) is 26.6 Å². The molecule has 1 unspecified atom stereocenters. The number of amides is 3. The molecule has 3 amide bonds. The minimum absolute atomic E-state index is 0.00959. The Bertz CT molecular complexity index is 1740. The fraction of sp³-hybridized carbons (Fsp3) is 0.333. The second-order valence-electron chi connectivity index (χ2n) is 10.9. The van der Waals surface area contributed by atoms with Crippen molar-refractivity contribution in [2.75, 3.05) is 20.3 Å². The molecule has 1 aliphatic rings. The Balaban J connectivity index is 1.33. The summed E-state index contributed by atoms with van der Waals surface area (Å²) in [7, 11) is -2.64. The molecule has 3 aromatic rings. The van der Waals surface area contributed by atoms with Crippen LogP contribution >= 0.6 is 15.9 Å². The van der Waals surface area contributed by atoms with E-state index in [4.69, 9.17) is 14.2 Å². The number of aromatic hydroxyl groups is 1. The number of esters is 1. The van der Waals surface area contributed by atoms with Gasteiger partial charge in [-0.1, -0.05) is 64.5 Å². The van der Waals surface area contributed by atoms with Crippen molar-refractivity contribution in [1.82, 2.24) is 15.4 Å². The second kappa shape index (κ2) is 17.0. The van der Waals surface area contributed by atoms with Crippen molar-refractivity contribution in [2.45, 2.75) is 50.0 Å². The number of hydrogen-bond donors (Lipinski definition) is 4. The van der Waals surface area contributed by atoms with E-state index in [9.17, 15) is 32.7 Å². The first-order valence-corrected chi connectivity index (χ1v) is 17.4. The first-order valence-electron chi connectivity index (χ1n) is 15.1. The Morgan fingerprint density at radius 2 is 1.79 bits per heavy atom. The molecule has 4 rings (SSSR count). The normalized spacial score (nSPS) is 15.5. The molecule has 0 radical (unpaired) electrons. The van der Waals surface area contributed by atoms with Crippen LogP contribution in [0.1, 0.15) is 58.0 Å². The van der Waals surface area contributed by atoms with Gasteiger partial charge in [-0.05, 0) is 54.2 Å². The average Bonchev–Trinajstić information content (AvgIpc) is 3.34. The van der Waals surface area contributed by atoms with Crippen molar-refractivity contribution in [3.05, 3.63) is 93.5 Å². The number of unbranched alkanes of at least 4 members (excludes halogenated alkanes) is 2. The van der Waals surface area contributed by atoms with Gasteiger partial charge in [0, 0.05) is 17.4 Å². The van der Waals surface area contributed by atoms with Crippen molar-refractivity contribution < 1.29 is 46.9 Å². The molecular weight excluding hydrogens is 710 g/mol. The summed E-state index contributed by atoms with van der Waals surface area (Å²) in [5, 5.41) is 14.4. The lowest BCUT2D eigenvalue weighted by Gasteiger charge is -2.19. The molecule has 3 aromatic carbocycles. The maximum atomic E-state index is 13.3. The number of benzene rings is 3. The van der Waals surface area contributed by atoms with Gasteiger partial charge < -0.3 is 30.0 Å². The van der Waals surface area contributed by atoms with Crippen molar-refractivity contribution >= 4 is 49.8 Å². The molecule has 0 saturated carbocycles. The van der Waals surface area contributed by atoms with Gasteiger partial charge in [0.1, 0.15) is 35.0 Å². The van der Waals surface area contributed by atoms with E-state index in [1.54, 1.807) is 42.5 Å². The van der Waals surface area contributed by atoms with E-state index < -0.39 is 45.2 Å². The van der Waals surface area contributed by atoms with Gasteiger partial charge in [-0.2, -0.15) is 0 Å². The fourth-order valence-electron chi connectivity index (χ4n) is 5.01. The molecule has 13 nitrogen and oxygen atoms in total. The highest BCUT2D eigenvalue weighted by Gasteiger charge is 2.39. The predicted molar refractivity (Wildman–Crippen MR) is 178 cm³/mol. The van der Waals surface area contributed by atoms with Crippen LogP contribution in [0.15, 0.2) is 71.2 Å². The first-order chi connectivity index (χ1) is 23.0. The van der Waals surface area contributed by atoms with Crippen LogP contribution in [0.25, 0.3) is 0 Å². The van der Waals surface area contributed by atoms with Gasteiger partial charge in [-0.15, -0.1) is 0 Å². The SMILES string of the molecule is COC(=O)c1c(O)cccc1OCCCCCNC(=O)[C@H](Cc1ccc(C2CC(=O)NS2(=O)=O)c(Br)c1)NC(=O)OCc1ccccc1. The summed E-state index contributed by atoms with van der Waals surface area (Å²) in [6.45, 7) is 0.574. The fourth-order valence-corrected chi connectivity index (χ4v) is 7.31. The molecular formula is C33H36BrN3O10S. The van der Waals surface area contributed by atoms with Gasteiger partial charge in [-0.25, -0.2) is 18.0 Å². The summed E-state index contributed by atoms with van der Waals surface area (Å²) in [5.74, 6) is -1.77. The number of carbonyl (C=O) groups excluding carboxylic acids is 4. The van der Waals surface area contributed by atoms with Gasteiger partial charge >= 0.3 is 12.1 Å². The van der Waals surface area contributed by atoms with E-state index in [1.807, 2.05) is 22.9 Å². The molecule has 48 heavy (non-hydrogen) atoms. The summed E-state index contributed by atoms with van der Waals surface area (Å²) >= 11 is 3.40. The molecule has 1 aliphatic heterocycles. The lowest BCUT2D eigenvalue weighted by Crippen LogP contribution is -2.48. The molecule has 4 N–H and O–H groups in total. The number of carbonyl (C=O) groups is 4. The van der Waals surface area contributed by atoms with E-state index >= 15 is 0 Å². The first kappa shape index (κ1) is 36.2. The molecule has 1 fully saturated rings. The monoisotopic (exact) mass is 745 g/mol. The second-order valence-corrected chi connectivity index (χ2v) is 13.6. The Hall–Kier alpha value is -4.63. The number of nitrogens with one attached hydrogen (secondary N) is 3. The molecule has 15 heteroatoms. The van der Waals surface area contributed by atoms with Crippen molar-refractivity contribution in [2.24, 2.45) is 0 Å². The summed E-state index contributed by atoms with van der Waals surface area (Å²) in [6, 6.07) is 17.4. The smallest absolute Gasteiger partial charge is 0.408 e. The highest BCUT2D eigenvalue weighted by Crippen LogP contribution is 2.35. The highest BCUT2D eigenvalue weighted by molar-refractivity contribution is 9.10. The van der Waals surface area contributed by atoms with E-state index in [1.165, 1.54) is 13.2 Å². The minimum atomic E-state index is -3.85. The summed E-state index contributed by atoms with van der Waals surface area (Å²) in [4.78, 5) is 49.7. The minimum Gasteiger partial charge on any atom is -0.507 e. The number of rotatable bonds is 15. The van der Waals surface area contributed by atoms with Crippen LogP contribution in [0.5, 0.6) is 11.5 Å². The number of ether oxygens (including phenoxy) is 3. The molecule has 256 valence electrons. The van der Waals surface area contributed by atoms with Gasteiger partial charge in [0.2, 0.25) is 21.8 Å². The number of halogens is 1. The van der Waals surface area contributed by atoms with Crippen LogP contribution < -0.4 is 20.1 Å². The highest BCUT2D eigenvalue weighted by atomic mass is 79.9. The quantitative estimate of drug-likeness (QED) is 0.131. The van der Waals surface area contributed by atoms with E-state index in [0.717, 1.165) is 5.56 Å². The third kappa shape index (κ3) is 9.94. The summed E-state index contributed by atoms with van der Waals surface area (Å²) < 4.78 is 42.9. The Morgan fingerprint density at radius 1 is 1.02 bits per heavy atom. The van der Waals surface area contributed by atoms with Gasteiger partial charge in [0.25, 0.3) is 0 Å². The Morgan fingerprint density at radius 3 is 2.48 bits per heavy atom. The van der Waals surface area contributed by atoms with Crippen molar-refractivity contribution in [3.8, 4) is 11.5 Å². The number of phenols is 1. The molecule has 0 bridgehead atoms. The van der Waals surface area contributed by atoms with E-state index in [-0.39, 0.29) is 43.1 Å². The maximum absolute atomic E-state index is 13.3. The molecule has 0 aromatic heterocycles.